The third-order valence-electron chi connectivity index (χ3n) is 4.63. The van der Waals surface area contributed by atoms with Gasteiger partial charge in [0.2, 0.25) is 0 Å². The number of anilines is 1. The standard InChI is InChI=1S/C19H21N3O/c23-19(14-5-2-1-3-6-14)22-12-4-7-17(22)15-8-11-18(20-13-15)21-16-9-10-16/h1-3,5-6,8,11,13,16-17H,4,7,9-10,12H2,(H,20,21). The number of nitrogens with zero attached hydrogens (tertiary/aromatic N) is 2. The van der Waals surface area contributed by atoms with Crippen LogP contribution in [0.2, 0.25) is 0 Å². The molecule has 1 saturated heterocycles. The first kappa shape index (κ1) is 14.2. The summed E-state index contributed by atoms with van der Waals surface area (Å²) in [6.45, 7) is 0.820. The molecule has 1 atom stereocenters. The molecular weight excluding hydrogens is 286 g/mol. The van der Waals surface area contributed by atoms with E-state index in [-0.39, 0.29) is 11.9 Å². The van der Waals surface area contributed by atoms with Gasteiger partial charge in [-0.05, 0) is 49.4 Å². The molecule has 1 unspecified atom stereocenters. The highest BCUT2D eigenvalue weighted by molar-refractivity contribution is 5.94. The quantitative estimate of drug-likeness (QED) is 0.938. The van der Waals surface area contributed by atoms with Crippen LogP contribution in [0.1, 0.15) is 47.6 Å². The second kappa shape index (κ2) is 6.03. The third-order valence-corrected chi connectivity index (χ3v) is 4.63. The van der Waals surface area contributed by atoms with E-state index in [1.807, 2.05) is 47.5 Å². The van der Waals surface area contributed by atoms with E-state index in [1.54, 1.807) is 0 Å². The number of amides is 1. The number of likely N-dealkylation sites (tertiary alicyclic amines) is 1. The fourth-order valence-corrected chi connectivity index (χ4v) is 3.23. The van der Waals surface area contributed by atoms with Crippen molar-refractivity contribution >= 4 is 11.7 Å². The smallest absolute Gasteiger partial charge is 0.254 e. The van der Waals surface area contributed by atoms with E-state index in [2.05, 4.69) is 16.4 Å². The number of nitrogens with one attached hydrogen (secondary N) is 1. The van der Waals surface area contributed by atoms with Crippen molar-refractivity contribution in [2.75, 3.05) is 11.9 Å². The van der Waals surface area contributed by atoms with Gasteiger partial charge in [0, 0.05) is 24.3 Å². The average molecular weight is 307 g/mol. The lowest BCUT2D eigenvalue weighted by atomic mass is 10.1. The predicted molar refractivity (Wildman–Crippen MR) is 90.3 cm³/mol. The summed E-state index contributed by atoms with van der Waals surface area (Å²) < 4.78 is 0. The zero-order valence-electron chi connectivity index (χ0n) is 13.1. The molecule has 2 aromatic rings. The van der Waals surface area contributed by atoms with Crippen LogP contribution in [0.15, 0.2) is 48.7 Å². The highest BCUT2D eigenvalue weighted by Crippen LogP contribution is 2.33. The molecule has 23 heavy (non-hydrogen) atoms. The lowest BCUT2D eigenvalue weighted by Crippen LogP contribution is -2.30. The van der Waals surface area contributed by atoms with E-state index in [0.29, 0.717) is 6.04 Å². The van der Waals surface area contributed by atoms with Gasteiger partial charge in [0.1, 0.15) is 5.82 Å². The Balaban J connectivity index is 1.51. The molecule has 1 aromatic heterocycles. The van der Waals surface area contributed by atoms with Crippen molar-refractivity contribution in [3.8, 4) is 0 Å². The lowest BCUT2D eigenvalue weighted by Gasteiger charge is -2.25. The van der Waals surface area contributed by atoms with Crippen molar-refractivity contribution in [1.82, 2.24) is 9.88 Å². The van der Waals surface area contributed by atoms with Crippen molar-refractivity contribution in [3.05, 3.63) is 59.8 Å². The Kier molecular flexibility index (Phi) is 3.74. The van der Waals surface area contributed by atoms with Crippen LogP contribution in [0.5, 0.6) is 0 Å². The molecule has 1 aromatic carbocycles. The average Bonchev–Trinajstić information content (AvgIpc) is 3.28. The maximum Gasteiger partial charge on any atom is 0.254 e. The molecule has 1 saturated carbocycles. The van der Waals surface area contributed by atoms with Gasteiger partial charge in [-0.3, -0.25) is 4.79 Å². The topological polar surface area (TPSA) is 45.2 Å². The van der Waals surface area contributed by atoms with Crippen LogP contribution in [0.25, 0.3) is 0 Å². The molecule has 0 radical (unpaired) electrons. The van der Waals surface area contributed by atoms with Gasteiger partial charge in [0.15, 0.2) is 0 Å². The van der Waals surface area contributed by atoms with Crippen LogP contribution in [0, 0.1) is 0 Å². The molecule has 1 amide bonds. The number of hydrogen-bond acceptors (Lipinski definition) is 3. The van der Waals surface area contributed by atoms with E-state index in [9.17, 15) is 4.79 Å². The molecule has 4 heteroatoms. The van der Waals surface area contributed by atoms with E-state index < -0.39 is 0 Å². The number of hydrogen-bond donors (Lipinski definition) is 1. The first-order valence-corrected chi connectivity index (χ1v) is 8.40. The summed E-state index contributed by atoms with van der Waals surface area (Å²) in [5, 5.41) is 3.40. The molecular formula is C19H21N3O. The van der Waals surface area contributed by atoms with Gasteiger partial charge >= 0.3 is 0 Å². The number of carbonyl (C=O) groups excluding carboxylic acids is 1. The minimum absolute atomic E-state index is 0.119. The van der Waals surface area contributed by atoms with Crippen molar-refractivity contribution in [1.29, 1.82) is 0 Å². The largest absolute Gasteiger partial charge is 0.367 e. The fourth-order valence-electron chi connectivity index (χ4n) is 3.23. The molecule has 4 nitrogen and oxygen atoms in total. The number of rotatable bonds is 4. The highest BCUT2D eigenvalue weighted by Gasteiger charge is 2.30. The van der Waals surface area contributed by atoms with Crippen molar-refractivity contribution in [2.24, 2.45) is 0 Å². The summed E-state index contributed by atoms with van der Waals surface area (Å²) in [4.78, 5) is 19.3. The Morgan fingerprint density at radius 1 is 1.09 bits per heavy atom. The van der Waals surface area contributed by atoms with E-state index in [4.69, 9.17) is 0 Å². The van der Waals surface area contributed by atoms with Gasteiger partial charge in [-0.15, -0.1) is 0 Å². The maximum atomic E-state index is 12.7. The first-order chi connectivity index (χ1) is 11.3. The minimum atomic E-state index is 0.119. The molecule has 2 aliphatic rings. The van der Waals surface area contributed by atoms with Gasteiger partial charge in [-0.2, -0.15) is 0 Å². The van der Waals surface area contributed by atoms with Crippen molar-refractivity contribution in [3.63, 3.8) is 0 Å². The summed E-state index contributed by atoms with van der Waals surface area (Å²) >= 11 is 0. The monoisotopic (exact) mass is 307 g/mol. The van der Waals surface area contributed by atoms with Gasteiger partial charge in [-0.1, -0.05) is 24.3 Å². The van der Waals surface area contributed by atoms with Crippen LogP contribution < -0.4 is 5.32 Å². The number of carbonyl (C=O) groups is 1. The Hall–Kier alpha value is -2.36. The molecule has 2 fully saturated rings. The Bertz CT molecular complexity index is 680. The normalized spacial score (nSPS) is 20.5. The van der Waals surface area contributed by atoms with E-state index in [1.165, 1.54) is 12.8 Å². The first-order valence-electron chi connectivity index (χ1n) is 8.40. The molecule has 1 aliphatic carbocycles. The van der Waals surface area contributed by atoms with Crippen LogP contribution in [0.4, 0.5) is 5.82 Å². The second-order valence-electron chi connectivity index (χ2n) is 6.42. The summed E-state index contributed by atoms with van der Waals surface area (Å²) in [5.41, 5.74) is 1.90. The van der Waals surface area contributed by atoms with Gasteiger partial charge < -0.3 is 10.2 Å². The van der Waals surface area contributed by atoms with Crippen LogP contribution in [0.3, 0.4) is 0 Å². The molecule has 0 spiro atoms. The van der Waals surface area contributed by atoms with E-state index in [0.717, 1.165) is 36.3 Å². The van der Waals surface area contributed by atoms with Crippen LogP contribution in [-0.4, -0.2) is 28.4 Å². The third kappa shape index (κ3) is 3.07. The minimum Gasteiger partial charge on any atom is -0.367 e. The van der Waals surface area contributed by atoms with Crippen molar-refractivity contribution in [2.45, 2.75) is 37.8 Å². The van der Waals surface area contributed by atoms with E-state index >= 15 is 0 Å². The number of aromatic nitrogens is 1. The second-order valence-corrected chi connectivity index (χ2v) is 6.42. The molecule has 2 heterocycles. The maximum absolute atomic E-state index is 12.7. The Morgan fingerprint density at radius 2 is 1.91 bits per heavy atom. The van der Waals surface area contributed by atoms with Crippen molar-refractivity contribution < 1.29 is 4.79 Å². The number of benzene rings is 1. The summed E-state index contributed by atoms with van der Waals surface area (Å²) in [5.74, 6) is 1.06. The Morgan fingerprint density at radius 3 is 2.61 bits per heavy atom. The van der Waals surface area contributed by atoms with Crippen LogP contribution in [-0.2, 0) is 0 Å². The summed E-state index contributed by atoms with van der Waals surface area (Å²) in [6.07, 6.45) is 6.46. The van der Waals surface area contributed by atoms with Gasteiger partial charge in [-0.25, -0.2) is 4.98 Å². The molecule has 0 bridgehead atoms. The fraction of sp³-hybridized carbons (Fsp3) is 0.368. The molecule has 4 rings (SSSR count). The molecule has 1 N–H and O–H groups in total. The highest BCUT2D eigenvalue weighted by atomic mass is 16.2. The zero-order valence-corrected chi connectivity index (χ0v) is 13.1. The SMILES string of the molecule is O=C(c1ccccc1)N1CCCC1c1ccc(NC2CC2)nc1. The molecule has 1 aliphatic heterocycles. The molecule has 118 valence electrons. The summed E-state index contributed by atoms with van der Waals surface area (Å²) in [7, 11) is 0. The summed E-state index contributed by atoms with van der Waals surface area (Å²) in [6, 6.07) is 14.4. The zero-order chi connectivity index (χ0) is 15.6. The number of pyridine rings is 1. The van der Waals surface area contributed by atoms with Gasteiger partial charge in [0.25, 0.3) is 5.91 Å². The van der Waals surface area contributed by atoms with Crippen LogP contribution >= 0.6 is 0 Å². The predicted octanol–water partition coefficient (Wildman–Crippen LogP) is 3.63. The van der Waals surface area contributed by atoms with Gasteiger partial charge in [0.05, 0.1) is 6.04 Å². The Labute approximate surface area is 136 Å². The lowest BCUT2D eigenvalue weighted by molar-refractivity contribution is 0.0735.